The van der Waals surface area contributed by atoms with Gasteiger partial charge < -0.3 is 5.73 Å². The smallest absolute Gasteiger partial charge is 0.324 e. The fourth-order valence-electron chi connectivity index (χ4n) is 1.53. The molecule has 5 heteroatoms. The number of hydrogen-bond donors (Lipinski definition) is 1. The fraction of sp³-hybridized carbons (Fsp3) is 0.500. The first kappa shape index (κ1) is 14.4. The summed E-state index contributed by atoms with van der Waals surface area (Å²) in [6.45, 7) is 3.92. The van der Waals surface area contributed by atoms with Gasteiger partial charge in [0.2, 0.25) is 0 Å². The minimum atomic E-state index is -4.27. The molecule has 0 amide bonds. The van der Waals surface area contributed by atoms with E-state index in [1.165, 1.54) is 6.07 Å². The molecule has 1 aromatic carbocycles. The first-order chi connectivity index (χ1) is 7.85. The molecule has 0 bridgehead atoms. The van der Waals surface area contributed by atoms with Gasteiger partial charge in [-0.1, -0.05) is 38.5 Å². The third kappa shape index (κ3) is 4.24. The maximum atomic E-state index is 12.4. The molecule has 0 saturated carbocycles. The van der Waals surface area contributed by atoms with E-state index in [0.717, 1.165) is 6.42 Å². The van der Waals surface area contributed by atoms with Crippen LogP contribution in [0.15, 0.2) is 29.2 Å². The average molecular weight is 263 g/mol. The summed E-state index contributed by atoms with van der Waals surface area (Å²) in [5.41, 5.74) is 2.29. The Morgan fingerprint density at radius 1 is 1.29 bits per heavy atom. The van der Waals surface area contributed by atoms with Crippen LogP contribution in [0.5, 0.6) is 0 Å². The number of thioether (sulfide) groups is 1. The van der Waals surface area contributed by atoms with Gasteiger partial charge in [-0.05, 0) is 29.3 Å². The molecule has 0 spiro atoms. The molecule has 0 aliphatic heterocycles. The van der Waals surface area contributed by atoms with Gasteiger partial charge >= 0.3 is 5.51 Å². The lowest BCUT2D eigenvalue weighted by molar-refractivity contribution is -0.0328. The summed E-state index contributed by atoms with van der Waals surface area (Å²) >= 11 is -0.0964. The quantitative estimate of drug-likeness (QED) is 0.817. The van der Waals surface area contributed by atoms with Crippen molar-refractivity contribution in [1.29, 1.82) is 0 Å². The minimum Gasteiger partial charge on any atom is -0.324 e. The highest BCUT2D eigenvalue weighted by atomic mass is 32.2. The van der Waals surface area contributed by atoms with Crippen molar-refractivity contribution >= 4 is 11.8 Å². The van der Waals surface area contributed by atoms with E-state index in [0.29, 0.717) is 5.56 Å². The molecule has 0 aliphatic rings. The minimum absolute atomic E-state index is 0.0964. The Bertz CT molecular complexity index is 365. The molecular formula is C12H16F3NS. The van der Waals surface area contributed by atoms with Gasteiger partial charge in [0.1, 0.15) is 0 Å². The van der Waals surface area contributed by atoms with Crippen LogP contribution in [0, 0.1) is 5.92 Å². The van der Waals surface area contributed by atoms with Crippen molar-refractivity contribution in [2.24, 2.45) is 11.7 Å². The summed E-state index contributed by atoms with van der Waals surface area (Å²) in [5, 5.41) is 0. The zero-order valence-electron chi connectivity index (χ0n) is 9.79. The van der Waals surface area contributed by atoms with Crippen LogP contribution in [0.2, 0.25) is 0 Å². The average Bonchev–Trinajstić information content (AvgIpc) is 2.25. The largest absolute Gasteiger partial charge is 0.446 e. The van der Waals surface area contributed by atoms with E-state index >= 15 is 0 Å². The highest BCUT2D eigenvalue weighted by Gasteiger charge is 2.31. The second-order valence-electron chi connectivity index (χ2n) is 4.00. The van der Waals surface area contributed by atoms with E-state index in [4.69, 9.17) is 5.73 Å². The van der Waals surface area contributed by atoms with E-state index in [-0.39, 0.29) is 28.6 Å². The Hall–Kier alpha value is -0.680. The van der Waals surface area contributed by atoms with Gasteiger partial charge in [0.25, 0.3) is 0 Å². The topological polar surface area (TPSA) is 26.0 Å². The molecule has 1 nitrogen and oxygen atoms in total. The predicted octanol–water partition coefficient (Wildman–Crippen LogP) is 4.34. The van der Waals surface area contributed by atoms with Crippen LogP contribution in [0.3, 0.4) is 0 Å². The fourth-order valence-corrected chi connectivity index (χ4v) is 2.25. The molecule has 0 heterocycles. The van der Waals surface area contributed by atoms with Gasteiger partial charge in [0, 0.05) is 10.9 Å². The molecule has 0 saturated heterocycles. The first-order valence-corrected chi connectivity index (χ1v) is 6.27. The lowest BCUT2D eigenvalue weighted by Crippen LogP contribution is -2.19. The Labute approximate surface area is 104 Å². The Morgan fingerprint density at radius 2 is 1.88 bits per heavy atom. The van der Waals surface area contributed by atoms with E-state index in [1.807, 2.05) is 13.8 Å². The Morgan fingerprint density at radius 3 is 2.41 bits per heavy atom. The summed E-state index contributed by atoms with van der Waals surface area (Å²) in [6, 6.07) is 6.10. The summed E-state index contributed by atoms with van der Waals surface area (Å²) in [6.07, 6.45) is 0.839. The molecule has 0 radical (unpaired) electrons. The Balaban J connectivity index is 2.99. The standard InChI is InChI=1S/C12H16F3NS/c1-3-8(2)11(16)9-6-4-5-7-10(9)17-12(13,14)15/h4-8,11H,3,16H2,1-2H3/t8?,11-/m0/s1. The second kappa shape index (κ2) is 5.78. The summed E-state index contributed by atoms with van der Waals surface area (Å²) in [7, 11) is 0. The summed E-state index contributed by atoms with van der Waals surface area (Å²) in [4.78, 5) is 0.202. The number of alkyl halides is 3. The van der Waals surface area contributed by atoms with Crippen molar-refractivity contribution in [1.82, 2.24) is 0 Å². The van der Waals surface area contributed by atoms with Crippen LogP contribution in [-0.2, 0) is 0 Å². The molecule has 0 aliphatic carbocycles. The lowest BCUT2D eigenvalue weighted by atomic mass is 9.93. The summed E-state index contributed by atoms with van der Waals surface area (Å²) in [5.74, 6) is 0.157. The molecule has 1 rings (SSSR count). The number of rotatable bonds is 4. The first-order valence-electron chi connectivity index (χ1n) is 5.45. The summed E-state index contributed by atoms with van der Waals surface area (Å²) < 4.78 is 37.2. The molecular weight excluding hydrogens is 247 g/mol. The molecule has 2 atom stereocenters. The van der Waals surface area contributed by atoms with Gasteiger partial charge in [0.15, 0.2) is 0 Å². The monoisotopic (exact) mass is 263 g/mol. The van der Waals surface area contributed by atoms with Crippen molar-refractivity contribution in [3.05, 3.63) is 29.8 Å². The van der Waals surface area contributed by atoms with Crippen LogP contribution < -0.4 is 5.73 Å². The maximum Gasteiger partial charge on any atom is 0.446 e. The second-order valence-corrected chi connectivity index (χ2v) is 5.10. The van der Waals surface area contributed by atoms with E-state index in [2.05, 4.69) is 0 Å². The van der Waals surface area contributed by atoms with Gasteiger partial charge in [-0.25, -0.2) is 0 Å². The highest BCUT2D eigenvalue weighted by Crippen LogP contribution is 2.40. The van der Waals surface area contributed by atoms with Gasteiger partial charge in [-0.3, -0.25) is 0 Å². The van der Waals surface area contributed by atoms with E-state index < -0.39 is 5.51 Å². The third-order valence-electron chi connectivity index (χ3n) is 2.76. The molecule has 0 fully saturated rings. The zero-order valence-corrected chi connectivity index (χ0v) is 10.6. The van der Waals surface area contributed by atoms with Crippen LogP contribution in [0.25, 0.3) is 0 Å². The highest BCUT2D eigenvalue weighted by molar-refractivity contribution is 8.00. The van der Waals surface area contributed by atoms with Crippen LogP contribution in [0.1, 0.15) is 31.9 Å². The van der Waals surface area contributed by atoms with Crippen LogP contribution in [0.4, 0.5) is 13.2 Å². The molecule has 2 N–H and O–H groups in total. The molecule has 96 valence electrons. The van der Waals surface area contributed by atoms with Gasteiger partial charge in [-0.2, -0.15) is 13.2 Å². The predicted molar refractivity (Wildman–Crippen MR) is 64.7 cm³/mol. The third-order valence-corrected chi connectivity index (χ3v) is 3.58. The molecule has 1 unspecified atom stereocenters. The lowest BCUT2D eigenvalue weighted by Gasteiger charge is -2.21. The number of hydrogen-bond acceptors (Lipinski definition) is 2. The number of halogens is 3. The van der Waals surface area contributed by atoms with Crippen molar-refractivity contribution < 1.29 is 13.2 Å². The van der Waals surface area contributed by atoms with E-state index in [9.17, 15) is 13.2 Å². The van der Waals surface area contributed by atoms with Crippen LogP contribution >= 0.6 is 11.8 Å². The number of nitrogens with two attached hydrogens (primary N) is 1. The normalized spacial score (nSPS) is 15.6. The molecule has 0 aromatic heterocycles. The van der Waals surface area contributed by atoms with Crippen molar-refractivity contribution in [3.8, 4) is 0 Å². The van der Waals surface area contributed by atoms with Crippen molar-refractivity contribution in [3.63, 3.8) is 0 Å². The zero-order chi connectivity index (χ0) is 13.1. The maximum absolute atomic E-state index is 12.4. The number of benzene rings is 1. The van der Waals surface area contributed by atoms with Crippen molar-refractivity contribution in [2.45, 2.75) is 36.7 Å². The van der Waals surface area contributed by atoms with Gasteiger partial charge in [0.05, 0.1) is 0 Å². The van der Waals surface area contributed by atoms with E-state index in [1.54, 1.807) is 18.2 Å². The molecule has 17 heavy (non-hydrogen) atoms. The Kier molecular flexibility index (Phi) is 4.89. The molecule has 1 aromatic rings. The van der Waals surface area contributed by atoms with Gasteiger partial charge in [-0.15, -0.1) is 0 Å². The van der Waals surface area contributed by atoms with Crippen molar-refractivity contribution in [2.75, 3.05) is 0 Å². The van der Waals surface area contributed by atoms with Crippen LogP contribution in [-0.4, -0.2) is 5.51 Å². The SMILES string of the molecule is CCC(C)[C@H](N)c1ccccc1SC(F)(F)F.